The van der Waals surface area contributed by atoms with Crippen LogP contribution >= 0.6 is 0 Å². The lowest BCUT2D eigenvalue weighted by molar-refractivity contribution is -0.218. The van der Waals surface area contributed by atoms with Gasteiger partial charge in [0.15, 0.2) is 0 Å². The zero-order chi connectivity index (χ0) is 9.53. The van der Waals surface area contributed by atoms with E-state index in [4.69, 9.17) is 9.47 Å². The fourth-order valence-electron chi connectivity index (χ4n) is 2.46. The van der Waals surface area contributed by atoms with Gasteiger partial charge in [0.1, 0.15) is 0 Å². The third-order valence-corrected chi connectivity index (χ3v) is 3.78. The van der Waals surface area contributed by atoms with E-state index in [1.165, 1.54) is 7.11 Å². The molecule has 0 radical (unpaired) electrons. The van der Waals surface area contributed by atoms with Gasteiger partial charge in [-0.2, -0.15) is 0 Å². The van der Waals surface area contributed by atoms with Gasteiger partial charge in [0, 0.05) is 5.41 Å². The molecule has 1 heterocycles. The van der Waals surface area contributed by atoms with Gasteiger partial charge in [0.05, 0.1) is 25.7 Å². The lowest BCUT2D eigenvalue weighted by atomic mass is 9.52. The van der Waals surface area contributed by atoms with Crippen molar-refractivity contribution in [2.24, 2.45) is 10.8 Å². The van der Waals surface area contributed by atoms with Crippen molar-refractivity contribution in [2.45, 2.75) is 26.2 Å². The van der Waals surface area contributed by atoms with Gasteiger partial charge in [-0.15, -0.1) is 0 Å². The molecule has 74 valence electrons. The molecule has 13 heavy (non-hydrogen) atoms. The summed E-state index contributed by atoms with van der Waals surface area (Å²) in [6, 6.07) is 0. The maximum absolute atomic E-state index is 11.7. The molecule has 1 aliphatic carbocycles. The Labute approximate surface area is 78.4 Å². The topological polar surface area (TPSA) is 35.5 Å². The summed E-state index contributed by atoms with van der Waals surface area (Å²) in [5, 5.41) is 0. The van der Waals surface area contributed by atoms with Crippen LogP contribution in [0.4, 0.5) is 0 Å². The highest BCUT2D eigenvalue weighted by Gasteiger charge is 2.61. The highest BCUT2D eigenvalue weighted by Crippen LogP contribution is 2.57. The minimum Gasteiger partial charge on any atom is -0.469 e. The first-order chi connectivity index (χ1) is 6.15. The Morgan fingerprint density at radius 3 is 2.23 bits per heavy atom. The molecule has 2 aliphatic rings. The number of rotatable bonds is 2. The Kier molecular flexibility index (Phi) is 1.88. The van der Waals surface area contributed by atoms with E-state index in [1.807, 2.05) is 0 Å². The summed E-state index contributed by atoms with van der Waals surface area (Å²) in [4.78, 5) is 11.7. The highest BCUT2D eigenvalue weighted by molar-refractivity contribution is 5.79. The summed E-state index contributed by atoms with van der Waals surface area (Å²) in [5.74, 6) is -0.0375. The van der Waals surface area contributed by atoms with Crippen molar-refractivity contribution in [3.63, 3.8) is 0 Å². The molecule has 1 saturated heterocycles. The summed E-state index contributed by atoms with van der Waals surface area (Å²) >= 11 is 0. The van der Waals surface area contributed by atoms with Crippen LogP contribution in [0.25, 0.3) is 0 Å². The highest BCUT2D eigenvalue weighted by atomic mass is 16.5. The molecule has 1 aliphatic heterocycles. The Balaban J connectivity index is 2.19. The number of carbonyl (C=O) groups is 1. The van der Waals surface area contributed by atoms with Crippen LogP contribution < -0.4 is 0 Å². The van der Waals surface area contributed by atoms with E-state index < -0.39 is 0 Å². The predicted octanol–water partition coefficient (Wildman–Crippen LogP) is 1.37. The van der Waals surface area contributed by atoms with Crippen molar-refractivity contribution in [1.29, 1.82) is 0 Å². The van der Waals surface area contributed by atoms with Crippen LogP contribution in [0.15, 0.2) is 0 Å². The number of hydrogen-bond acceptors (Lipinski definition) is 3. The van der Waals surface area contributed by atoms with Crippen LogP contribution in [-0.4, -0.2) is 26.3 Å². The molecule has 2 rings (SSSR count). The van der Waals surface area contributed by atoms with Crippen molar-refractivity contribution in [2.75, 3.05) is 20.3 Å². The molecule has 0 bridgehead atoms. The zero-order valence-corrected chi connectivity index (χ0v) is 8.26. The lowest BCUT2D eigenvalue weighted by Crippen LogP contribution is -2.60. The van der Waals surface area contributed by atoms with Gasteiger partial charge >= 0.3 is 5.97 Å². The second kappa shape index (κ2) is 2.71. The first-order valence-corrected chi connectivity index (χ1v) is 4.81. The minimum atomic E-state index is -0.222. The van der Waals surface area contributed by atoms with E-state index in [-0.39, 0.29) is 16.8 Å². The largest absolute Gasteiger partial charge is 0.469 e. The SMILES string of the molecule is COC(=O)C1(C2(C)COC2)CCC1. The van der Waals surface area contributed by atoms with Gasteiger partial charge in [-0.25, -0.2) is 0 Å². The predicted molar refractivity (Wildman–Crippen MR) is 47.2 cm³/mol. The van der Waals surface area contributed by atoms with Gasteiger partial charge in [-0.1, -0.05) is 13.3 Å². The summed E-state index contributed by atoms with van der Waals surface area (Å²) < 4.78 is 10.1. The lowest BCUT2D eigenvalue weighted by Gasteiger charge is -2.56. The number of hydrogen-bond donors (Lipinski definition) is 0. The van der Waals surface area contributed by atoms with Crippen LogP contribution in [0, 0.1) is 10.8 Å². The molecule has 0 aromatic carbocycles. The number of carbonyl (C=O) groups excluding carboxylic acids is 1. The Hall–Kier alpha value is -0.570. The normalized spacial score (nSPS) is 28.5. The molecule has 3 nitrogen and oxygen atoms in total. The van der Waals surface area contributed by atoms with Gasteiger partial charge in [0.25, 0.3) is 0 Å². The van der Waals surface area contributed by atoms with Crippen molar-refractivity contribution < 1.29 is 14.3 Å². The van der Waals surface area contributed by atoms with Gasteiger partial charge in [-0.05, 0) is 12.8 Å². The zero-order valence-electron chi connectivity index (χ0n) is 8.26. The van der Waals surface area contributed by atoms with E-state index in [2.05, 4.69) is 6.92 Å². The summed E-state index contributed by atoms with van der Waals surface area (Å²) in [6.07, 6.45) is 3.09. The van der Waals surface area contributed by atoms with Crippen molar-refractivity contribution in [1.82, 2.24) is 0 Å². The van der Waals surface area contributed by atoms with E-state index >= 15 is 0 Å². The van der Waals surface area contributed by atoms with E-state index in [0.29, 0.717) is 13.2 Å². The second-order valence-electron chi connectivity index (χ2n) is 4.48. The molecule has 0 N–H and O–H groups in total. The average molecular weight is 184 g/mol. The van der Waals surface area contributed by atoms with Crippen LogP contribution in [-0.2, 0) is 14.3 Å². The molecule has 0 unspecified atom stereocenters. The molecule has 0 aromatic rings. The van der Waals surface area contributed by atoms with Crippen LogP contribution in [0.3, 0.4) is 0 Å². The van der Waals surface area contributed by atoms with E-state index in [9.17, 15) is 4.79 Å². The molecule has 0 aromatic heterocycles. The van der Waals surface area contributed by atoms with Gasteiger partial charge in [0.2, 0.25) is 0 Å². The fraction of sp³-hybridized carbons (Fsp3) is 0.900. The molecule has 3 heteroatoms. The number of esters is 1. The first kappa shape index (κ1) is 9.00. The maximum Gasteiger partial charge on any atom is 0.312 e. The first-order valence-electron chi connectivity index (χ1n) is 4.81. The van der Waals surface area contributed by atoms with Gasteiger partial charge in [-0.3, -0.25) is 4.79 Å². The summed E-state index contributed by atoms with van der Waals surface area (Å²) in [5.41, 5.74) is -0.182. The average Bonchev–Trinajstić information content (AvgIpc) is 1.98. The number of ether oxygens (including phenoxy) is 2. The summed E-state index contributed by atoms with van der Waals surface area (Å²) in [7, 11) is 1.48. The third-order valence-electron chi connectivity index (χ3n) is 3.78. The van der Waals surface area contributed by atoms with Crippen LogP contribution in [0.1, 0.15) is 26.2 Å². The molecular weight excluding hydrogens is 168 g/mol. The quantitative estimate of drug-likeness (QED) is 0.608. The van der Waals surface area contributed by atoms with Gasteiger partial charge < -0.3 is 9.47 Å². The monoisotopic (exact) mass is 184 g/mol. The van der Waals surface area contributed by atoms with Crippen molar-refractivity contribution >= 4 is 5.97 Å². The van der Waals surface area contributed by atoms with Crippen LogP contribution in [0.2, 0.25) is 0 Å². The summed E-state index contributed by atoms with van der Waals surface area (Å²) in [6.45, 7) is 3.55. The minimum absolute atomic E-state index is 0.0375. The smallest absolute Gasteiger partial charge is 0.312 e. The third kappa shape index (κ3) is 0.966. The molecule has 2 fully saturated rings. The molecular formula is C10H16O3. The standard InChI is InChI=1S/C10H16O3/c1-9(6-13-7-9)10(4-3-5-10)8(11)12-2/h3-7H2,1-2H3. The molecule has 0 atom stereocenters. The molecule has 1 saturated carbocycles. The van der Waals surface area contributed by atoms with E-state index in [0.717, 1.165) is 19.3 Å². The second-order valence-corrected chi connectivity index (χ2v) is 4.48. The Morgan fingerprint density at radius 1 is 1.38 bits per heavy atom. The van der Waals surface area contributed by atoms with E-state index in [1.54, 1.807) is 0 Å². The van der Waals surface area contributed by atoms with Crippen LogP contribution in [0.5, 0.6) is 0 Å². The van der Waals surface area contributed by atoms with Crippen molar-refractivity contribution in [3.05, 3.63) is 0 Å². The molecule has 0 spiro atoms. The fourth-order valence-corrected chi connectivity index (χ4v) is 2.46. The number of methoxy groups -OCH3 is 1. The molecule has 0 amide bonds. The van der Waals surface area contributed by atoms with Crippen molar-refractivity contribution in [3.8, 4) is 0 Å². The Bertz CT molecular complexity index is 226. The maximum atomic E-state index is 11.7. The Morgan fingerprint density at radius 2 is 2.00 bits per heavy atom.